The molecule has 2 amide bonds. The maximum Gasteiger partial charge on any atom is 0.264 e. The van der Waals surface area contributed by atoms with E-state index < -0.39 is 0 Å². The fraction of sp³-hybridized carbons (Fsp3) is 0.294. The molecule has 0 unspecified atom stereocenters. The van der Waals surface area contributed by atoms with Gasteiger partial charge in [-0.15, -0.1) is 11.3 Å². The van der Waals surface area contributed by atoms with Gasteiger partial charge in [0.05, 0.1) is 11.4 Å². The van der Waals surface area contributed by atoms with Crippen LogP contribution in [-0.2, 0) is 4.79 Å². The zero-order chi connectivity index (χ0) is 16.8. The van der Waals surface area contributed by atoms with Crippen LogP contribution in [0.15, 0.2) is 36.4 Å². The van der Waals surface area contributed by atoms with Crippen LogP contribution in [0.3, 0.4) is 0 Å². The van der Waals surface area contributed by atoms with Gasteiger partial charge < -0.3 is 10.2 Å². The zero-order valence-corrected chi connectivity index (χ0v) is 14.7. The van der Waals surface area contributed by atoms with E-state index in [0.29, 0.717) is 16.4 Å². The van der Waals surface area contributed by atoms with Crippen LogP contribution < -0.4 is 5.32 Å². The first-order valence-electron chi connectivity index (χ1n) is 7.39. The van der Waals surface area contributed by atoms with Crippen LogP contribution in [0, 0.1) is 0 Å². The average Bonchev–Trinajstić information content (AvgIpc) is 3.02. The minimum Gasteiger partial charge on any atom is -0.355 e. The van der Waals surface area contributed by atoms with Gasteiger partial charge in [0.15, 0.2) is 0 Å². The van der Waals surface area contributed by atoms with Crippen LogP contribution in [0.4, 0.5) is 0 Å². The average molecular weight is 351 g/mol. The molecule has 2 aromatic rings. The van der Waals surface area contributed by atoms with E-state index in [1.807, 2.05) is 37.3 Å². The molecule has 6 heteroatoms. The Hall–Kier alpha value is -1.85. The standard InChI is InChI=1S/C17H19ClN2O2S/c1-3-10-19-16(21)11-20(2)17(22)15-9-8-14(23-15)12-4-6-13(18)7-5-12/h4-9H,3,10-11H2,1-2H3,(H,19,21). The number of nitrogens with one attached hydrogen (secondary N) is 1. The second-order valence-electron chi connectivity index (χ2n) is 5.18. The van der Waals surface area contributed by atoms with Gasteiger partial charge in [-0.1, -0.05) is 30.7 Å². The number of thiophene rings is 1. The first-order chi connectivity index (χ1) is 11.0. The Morgan fingerprint density at radius 2 is 1.87 bits per heavy atom. The minimum absolute atomic E-state index is 0.0625. The topological polar surface area (TPSA) is 49.4 Å². The lowest BCUT2D eigenvalue weighted by atomic mass is 10.2. The fourth-order valence-corrected chi connectivity index (χ4v) is 3.15. The van der Waals surface area contributed by atoms with Crippen LogP contribution >= 0.6 is 22.9 Å². The molecule has 0 aliphatic rings. The number of hydrogen-bond acceptors (Lipinski definition) is 3. The van der Waals surface area contributed by atoms with E-state index in [-0.39, 0.29) is 18.4 Å². The van der Waals surface area contributed by atoms with Crippen molar-refractivity contribution >= 4 is 34.8 Å². The highest BCUT2D eigenvalue weighted by molar-refractivity contribution is 7.17. The highest BCUT2D eigenvalue weighted by atomic mass is 35.5. The molecule has 0 fully saturated rings. The summed E-state index contributed by atoms with van der Waals surface area (Å²) in [5, 5.41) is 3.44. The summed E-state index contributed by atoms with van der Waals surface area (Å²) in [6.07, 6.45) is 0.874. The van der Waals surface area contributed by atoms with Gasteiger partial charge in [-0.3, -0.25) is 9.59 Å². The van der Waals surface area contributed by atoms with Gasteiger partial charge in [-0.25, -0.2) is 0 Å². The Morgan fingerprint density at radius 1 is 1.17 bits per heavy atom. The Bertz CT molecular complexity index is 682. The molecule has 122 valence electrons. The Kier molecular flexibility index (Phi) is 6.19. The molecule has 0 aliphatic carbocycles. The van der Waals surface area contributed by atoms with Gasteiger partial charge in [0, 0.05) is 23.5 Å². The molecular formula is C17H19ClN2O2S. The molecule has 1 heterocycles. The van der Waals surface area contributed by atoms with Crippen molar-refractivity contribution < 1.29 is 9.59 Å². The number of hydrogen-bond donors (Lipinski definition) is 1. The predicted molar refractivity (Wildman–Crippen MR) is 95.0 cm³/mol. The third-order valence-electron chi connectivity index (χ3n) is 3.25. The normalized spacial score (nSPS) is 10.4. The molecule has 1 aromatic carbocycles. The quantitative estimate of drug-likeness (QED) is 0.864. The van der Waals surface area contributed by atoms with Crippen molar-refractivity contribution in [1.29, 1.82) is 0 Å². The minimum atomic E-state index is -0.151. The lowest BCUT2D eigenvalue weighted by Gasteiger charge is -2.15. The van der Waals surface area contributed by atoms with E-state index in [2.05, 4.69) is 5.32 Å². The van der Waals surface area contributed by atoms with E-state index >= 15 is 0 Å². The van der Waals surface area contributed by atoms with Gasteiger partial charge in [-0.05, 0) is 36.2 Å². The third kappa shape index (κ3) is 4.81. The predicted octanol–water partition coefficient (Wildman–Crippen LogP) is 3.67. The first-order valence-corrected chi connectivity index (χ1v) is 8.58. The van der Waals surface area contributed by atoms with E-state index in [9.17, 15) is 9.59 Å². The number of rotatable bonds is 6. The van der Waals surface area contributed by atoms with E-state index in [4.69, 9.17) is 11.6 Å². The Labute approximate surface area is 145 Å². The third-order valence-corrected chi connectivity index (χ3v) is 4.62. The summed E-state index contributed by atoms with van der Waals surface area (Å²) in [5.41, 5.74) is 1.02. The summed E-state index contributed by atoms with van der Waals surface area (Å²) in [7, 11) is 1.63. The van der Waals surface area contributed by atoms with E-state index in [0.717, 1.165) is 16.9 Å². The van der Waals surface area contributed by atoms with Crippen LogP contribution in [0.1, 0.15) is 23.0 Å². The van der Waals surface area contributed by atoms with Crippen molar-refractivity contribution in [2.75, 3.05) is 20.1 Å². The Balaban J connectivity index is 2.03. The van der Waals surface area contributed by atoms with Gasteiger partial charge in [0.25, 0.3) is 5.91 Å². The molecule has 23 heavy (non-hydrogen) atoms. The summed E-state index contributed by atoms with van der Waals surface area (Å²) < 4.78 is 0. The summed E-state index contributed by atoms with van der Waals surface area (Å²) >= 11 is 7.29. The van der Waals surface area contributed by atoms with E-state index in [1.54, 1.807) is 13.1 Å². The van der Waals surface area contributed by atoms with Gasteiger partial charge in [0.1, 0.15) is 0 Å². The smallest absolute Gasteiger partial charge is 0.264 e. The lowest BCUT2D eigenvalue weighted by molar-refractivity contribution is -0.121. The maximum absolute atomic E-state index is 12.4. The molecule has 0 spiro atoms. The van der Waals surface area contributed by atoms with Crippen molar-refractivity contribution in [2.45, 2.75) is 13.3 Å². The number of nitrogens with zero attached hydrogens (tertiary/aromatic N) is 1. The highest BCUT2D eigenvalue weighted by Gasteiger charge is 2.17. The van der Waals surface area contributed by atoms with Crippen LogP contribution in [0.2, 0.25) is 5.02 Å². The number of carbonyl (C=O) groups is 2. The maximum atomic E-state index is 12.4. The first kappa shape index (κ1) is 17.5. The summed E-state index contributed by atoms with van der Waals surface area (Å²) in [6, 6.07) is 11.2. The SMILES string of the molecule is CCCNC(=O)CN(C)C(=O)c1ccc(-c2ccc(Cl)cc2)s1. The van der Waals surface area contributed by atoms with Crippen LogP contribution in [0.25, 0.3) is 10.4 Å². The van der Waals surface area contributed by atoms with Crippen molar-refractivity contribution in [3.63, 3.8) is 0 Å². The van der Waals surface area contributed by atoms with E-state index in [1.165, 1.54) is 16.2 Å². The molecule has 1 N–H and O–H groups in total. The largest absolute Gasteiger partial charge is 0.355 e. The number of benzene rings is 1. The molecular weight excluding hydrogens is 332 g/mol. The van der Waals surface area contributed by atoms with Gasteiger partial charge in [-0.2, -0.15) is 0 Å². The highest BCUT2D eigenvalue weighted by Crippen LogP contribution is 2.29. The monoisotopic (exact) mass is 350 g/mol. The second kappa shape index (κ2) is 8.13. The molecule has 1 aromatic heterocycles. The number of likely N-dealkylation sites (N-methyl/N-ethyl adjacent to an activating group) is 1. The molecule has 2 rings (SSSR count). The number of amides is 2. The van der Waals surface area contributed by atoms with Crippen LogP contribution in [-0.4, -0.2) is 36.9 Å². The molecule has 4 nitrogen and oxygen atoms in total. The Morgan fingerprint density at radius 3 is 2.52 bits per heavy atom. The van der Waals surface area contributed by atoms with Crippen LogP contribution in [0.5, 0.6) is 0 Å². The molecule has 0 bridgehead atoms. The summed E-state index contributed by atoms with van der Waals surface area (Å²) in [4.78, 5) is 27.1. The van der Waals surface area contributed by atoms with Gasteiger partial charge in [0.2, 0.25) is 5.91 Å². The van der Waals surface area contributed by atoms with Gasteiger partial charge >= 0.3 is 0 Å². The molecule has 0 saturated carbocycles. The fourth-order valence-electron chi connectivity index (χ4n) is 2.02. The summed E-state index contributed by atoms with van der Waals surface area (Å²) in [6.45, 7) is 2.67. The molecule has 0 aliphatic heterocycles. The second-order valence-corrected chi connectivity index (χ2v) is 6.70. The molecule has 0 radical (unpaired) electrons. The van der Waals surface area contributed by atoms with Crippen molar-refractivity contribution in [3.05, 3.63) is 46.3 Å². The zero-order valence-electron chi connectivity index (χ0n) is 13.1. The van der Waals surface area contributed by atoms with Crippen molar-refractivity contribution in [3.8, 4) is 10.4 Å². The number of halogens is 1. The summed E-state index contributed by atoms with van der Waals surface area (Å²) in [5.74, 6) is -0.293. The molecule has 0 saturated heterocycles. The molecule has 0 atom stereocenters. The number of carbonyl (C=O) groups excluding carboxylic acids is 2. The van der Waals surface area contributed by atoms with Crippen molar-refractivity contribution in [1.82, 2.24) is 10.2 Å². The van der Waals surface area contributed by atoms with Crippen molar-refractivity contribution in [2.24, 2.45) is 0 Å². The lowest BCUT2D eigenvalue weighted by Crippen LogP contribution is -2.38.